The van der Waals surface area contributed by atoms with Crippen molar-refractivity contribution in [1.82, 2.24) is 0 Å². The van der Waals surface area contributed by atoms with E-state index in [4.69, 9.17) is 23.7 Å². The van der Waals surface area contributed by atoms with Gasteiger partial charge in [0.25, 0.3) is 0 Å². The molecule has 37 heavy (non-hydrogen) atoms. The van der Waals surface area contributed by atoms with Crippen LogP contribution in [0.15, 0.2) is 66.7 Å². The van der Waals surface area contributed by atoms with Gasteiger partial charge in [0, 0.05) is 18.2 Å². The van der Waals surface area contributed by atoms with Crippen molar-refractivity contribution in [3.8, 4) is 23.0 Å². The monoisotopic (exact) mass is 529 g/mol. The highest BCUT2D eigenvalue weighted by atomic mass is 32.1. The molecule has 0 fully saturated rings. The number of para-hydroxylation sites is 1. The molecule has 1 aliphatic heterocycles. The van der Waals surface area contributed by atoms with Crippen LogP contribution in [-0.4, -0.2) is 42.4 Å². The molecule has 4 rings (SSSR count). The van der Waals surface area contributed by atoms with Crippen molar-refractivity contribution in [3.63, 3.8) is 0 Å². The van der Waals surface area contributed by atoms with Crippen LogP contribution in [0.1, 0.15) is 18.1 Å². The summed E-state index contributed by atoms with van der Waals surface area (Å²) < 4.78 is 41.8. The summed E-state index contributed by atoms with van der Waals surface area (Å²) in [4.78, 5) is 24.5. The molecule has 0 saturated carbocycles. The number of fused-ring (bicyclic) bond motifs is 1. The molecule has 2 N–H and O–H groups in total. The molecular weight excluding hydrogens is 505 g/mol. The predicted octanol–water partition coefficient (Wildman–Crippen LogP) is 4.86. The Labute approximate surface area is 217 Å². The van der Waals surface area contributed by atoms with Gasteiger partial charge >= 0.3 is 12.1 Å². The molecular formula is C26H24FNO8S. The Bertz CT molecular complexity index is 1240. The number of thiol groups is 1. The highest BCUT2D eigenvalue weighted by Gasteiger charge is 2.30. The largest absolute Gasteiger partial charge is 0.505 e. The standard InChI is InChI=1S/C26H24FNO8S/c27-19-12-16(6-8-20(19)29)25(36-26(31)28-17-7-9-21-23(13-17)34-15-33-21)22(10-11-32-24(30)14-37)35-18-4-2-1-3-5-18/h1-9,12-13,22,25,29,37H,10-11,14-15H2,(H,28,31)/t22-,25-/m1/s1. The summed E-state index contributed by atoms with van der Waals surface area (Å²) in [6.45, 7) is 0.00905. The van der Waals surface area contributed by atoms with Crippen molar-refractivity contribution in [3.05, 3.63) is 78.1 Å². The molecule has 0 aromatic heterocycles. The first kappa shape index (κ1) is 26.0. The van der Waals surface area contributed by atoms with Crippen LogP contribution in [-0.2, 0) is 14.3 Å². The molecule has 9 nitrogen and oxygen atoms in total. The van der Waals surface area contributed by atoms with E-state index in [1.54, 1.807) is 48.5 Å². The number of ether oxygens (including phenoxy) is 5. The van der Waals surface area contributed by atoms with E-state index < -0.39 is 35.8 Å². The number of amides is 1. The molecule has 194 valence electrons. The fraction of sp³-hybridized carbons (Fsp3) is 0.231. The van der Waals surface area contributed by atoms with Gasteiger partial charge < -0.3 is 28.8 Å². The smallest absolute Gasteiger partial charge is 0.412 e. The molecule has 3 aromatic rings. The second-order valence-corrected chi connectivity index (χ2v) is 8.18. The van der Waals surface area contributed by atoms with Crippen molar-refractivity contribution < 1.29 is 42.8 Å². The van der Waals surface area contributed by atoms with Crippen molar-refractivity contribution in [2.24, 2.45) is 0 Å². The average Bonchev–Trinajstić information content (AvgIpc) is 3.37. The maximum absolute atomic E-state index is 14.3. The number of hydrogen-bond donors (Lipinski definition) is 3. The van der Waals surface area contributed by atoms with Gasteiger partial charge in [-0.3, -0.25) is 10.1 Å². The number of phenols is 1. The second-order valence-electron chi connectivity index (χ2n) is 7.87. The van der Waals surface area contributed by atoms with Crippen LogP contribution in [0.25, 0.3) is 0 Å². The topological polar surface area (TPSA) is 113 Å². The molecule has 0 saturated heterocycles. The number of benzene rings is 3. The number of carbonyl (C=O) groups is 2. The van der Waals surface area contributed by atoms with Crippen LogP contribution in [0.4, 0.5) is 14.9 Å². The average molecular weight is 530 g/mol. The molecule has 1 heterocycles. The summed E-state index contributed by atoms with van der Waals surface area (Å²) in [5.74, 6) is -0.634. The highest BCUT2D eigenvalue weighted by molar-refractivity contribution is 7.81. The zero-order valence-corrected chi connectivity index (χ0v) is 20.4. The lowest BCUT2D eigenvalue weighted by molar-refractivity contribution is -0.141. The number of rotatable bonds is 10. The quantitative estimate of drug-likeness (QED) is 0.252. The maximum Gasteiger partial charge on any atom is 0.412 e. The molecule has 0 spiro atoms. The second kappa shape index (κ2) is 12.2. The lowest BCUT2D eigenvalue weighted by Crippen LogP contribution is -2.32. The number of phenolic OH excluding ortho intramolecular Hbond substituents is 1. The molecule has 0 radical (unpaired) electrons. The van der Waals surface area contributed by atoms with Gasteiger partial charge in [-0.15, -0.1) is 0 Å². The van der Waals surface area contributed by atoms with E-state index in [2.05, 4.69) is 17.9 Å². The first-order valence-corrected chi connectivity index (χ1v) is 11.9. The summed E-state index contributed by atoms with van der Waals surface area (Å²) in [6, 6.07) is 17.2. The summed E-state index contributed by atoms with van der Waals surface area (Å²) in [5.41, 5.74) is 0.603. The Morgan fingerprint density at radius 1 is 1.05 bits per heavy atom. The van der Waals surface area contributed by atoms with Gasteiger partial charge in [0.05, 0.1) is 12.4 Å². The summed E-state index contributed by atoms with van der Waals surface area (Å²) in [7, 11) is 0. The third-order valence-corrected chi connectivity index (χ3v) is 5.57. The van der Waals surface area contributed by atoms with Crippen LogP contribution < -0.4 is 19.5 Å². The van der Waals surface area contributed by atoms with Crippen molar-refractivity contribution in [2.75, 3.05) is 24.5 Å². The Kier molecular flexibility index (Phi) is 8.57. The van der Waals surface area contributed by atoms with E-state index in [0.717, 1.165) is 12.1 Å². The van der Waals surface area contributed by atoms with Crippen molar-refractivity contribution in [1.29, 1.82) is 0 Å². The molecule has 1 aliphatic rings. The van der Waals surface area contributed by atoms with Crippen molar-refractivity contribution in [2.45, 2.75) is 18.6 Å². The third kappa shape index (κ3) is 6.98. The van der Waals surface area contributed by atoms with Gasteiger partial charge in [-0.2, -0.15) is 12.6 Å². The minimum absolute atomic E-state index is 0.0684. The number of carbonyl (C=O) groups excluding carboxylic acids is 2. The molecule has 0 bridgehead atoms. The maximum atomic E-state index is 14.3. The van der Waals surface area contributed by atoms with Crippen LogP contribution in [0.3, 0.4) is 0 Å². The minimum Gasteiger partial charge on any atom is -0.505 e. The molecule has 1 amide bonds. The fourth-order valence-corrected chi connectivity index (χ4v) is 3.67. The number of halogens is 1. The van der Waals surface area contributed by atoms with E-state index in [-0.39, 0.29) is 31.1 Å². The van der Waals surface area contributed by atoms with Crippen molar-refractivity contribution >= 4 is 30.4 Å². The van der Waals surface area contributed by atoms with Gasteiger partial charge in [0.2, 0.25) is 6.79 Å². The Hall–Kier alpha value is -4.12. The van der Waals surface area contributed by atoms with Crippen LogP contribution >= 0.6 is 12.6 Å². The molecule has 0 aliphatic carbocycles. The lowest BCUT2D eigenvalue weighted by Gasteiger charge is -2.28. The van der Waals surface area contributed by atoms with Gasteiger partial charge in [0.15, 0.2) is 29.2 Å². The first-order chi connectivity index (χ1) is 17.9. The Morgan fingerprint density at radius 2 is 1.84 bits per heavy atom. The van der Waals surface area contributed by atoms with Gasteiger partial charge in [0.1, 0.15) is 11.9 Å². The highest BCUT2D eigenvalue weighted by Crippen LogP contribution is 2.35. The summed E-state index contributed by atoms with van der Waals surface area (Å²) in [6.07, 6.45) is -2.81. The van der Waals surface area contributed by atoms with Gasteiger partial charge in [-0.25, -0.2) is 9.18 Å². The Morgan fingerprint density at radius 3 is 2.59 bits per heavy atom. The van der Waals surface area contributed by atoms with Gasteiger partial charge in [-0.1, -0.05) is 24.3 Å². The third-order valence-electron chi connectivity index (χ3n) is 5.32. The van der Waals surface area contributed by atoms with E-state index in [0.29, 0.717) is 22.9 Å². The molecule has 0 unspecified atom stereocenters. The van der Waals surface area contributed by atoms with E-state index in [9.17, 15) is 19.1 Å². The van der Waals surface area contributed by atoms with E-state index in [1.165, 1.54) is 6.07 Å². The van der Waals surface area contributed by atoms with E-state index >= 15 is 0 Å². The zero-order valence-electron chi connectivity index (χ0n) is 19.5. The zero-order chi connectivity index (χ0) is 26.2. The molecule has 11 heteroatoms. The SMILES string of the molecule is O=C(CS)OCC[C@@H](Oc1ccccc1)[C@H](OC(=O)Nc1ccc2c(c1)OCO2)c1ccc(O)c(F)c1. The summed E-state index contributed by atoms with van der Waals surface area (Å²) in [5, 5.41) is 12.3. The van der Waals surface area contributed by atoms with Crippen LogP contribution in [0, 0.1) is 5.82 Å². The molecule has 2 atom stereocenters. The van der Waals surface area contributed by atoms with Gasteiger partial charge in [-0.05, 0) is 42.0 Å². The first-order valence-electron chi connectivity index (χ1n) is 11.3. The van der Waals surface area contributed by atoms with Crippen LogP contribution in [0.5, 0.6) is 23.0 Å². The lowest BCUT2D eigenvalue weighted by atomic mass is 10.0. The number of hydrogen-bond acceptors (Lipinski definition) is 9. The predicted molar refractivity (Wildman–Crippen MR) is 134 cm³/mol. The summed E-state index contributed by atoms with van der Waals surface area (Å²) >= 11 is 3.89. The Balaban J connectivity index is 1.59. The number of aromatic hydroxyl groups is 1. The fourth-order valence-electron chi connectivity index (χ4n) is 3.58. The van der Waals surface area contributed by atoms with E-state index in [1.807, 2.05) is 0 Å². The normalized spacial score (nSPS) is 13.4. The number of anilines is 1. The van der Waals surface area contributed by atoms with Crippen LogP contribution in [0.2, 0.25) is 0 Å². The number of nitrogens with one attached hydrogen (secondary N) is 1. The minimum atomic E-state index is -1.15. The number of esters is 1. The molecule has 3 aromatic carbocycles.